The lowest BCUT2D eigenvalue weighted by Gasteiger charge is -2.17. The zero-order valence-electron chi connectivity index (χ0n) is 20.9. The van der Waals surface area contributed by atoms with Crippen LogP contribution >= 0.6 is 0 Å². The number of carbonyl (C=O) groups excluding carboxylic acids is 1. The summed E-state index contributed by atoms with van der Waals surface area (Å²) in [5.41, 5.74) is 8.59. The third-order valence-electron chi connectivity index (χ3n) is 6.71. The van der Waals surface area contributed by atoms with Crippen molar-refractivity contribution in [2.24, 2.45) is 10.2 Å². The van der Waals surface area contributed by atoms with E-state index in [0.29, 0.717) is 13.1 Å². The molecule has 36 heavy (non-hydrogen) atoms. The molecule has 1 unspecified atom stereocenters. The summed E-state index contributed by atoms with van der Waals surface area (Å²) in [5.74, 6) is 0. The zero-order valence-corrected chi connectivity index (χ0v) is 20.9. The van der Waals surface area contributed by atoms with E-state index in [9.17, 15) is 4.79 Å². The van der Waals surface area contributed by atoms with Crippen LogP contribution in [0.25, 0.3) is 28.1 Å². The highest BCUT2D eigenvalue weighted by molar-refractivity contribution is 5.84. The highest BCUT2D eigenvalue weighted by atomic mass is 16.2. The van der Waals surface area contributed by atoms with E-state index in [0.717, 1.165) is 59.7 Å². The van der Waals surface area contributed by atoms with Gasteiger partial charge in [-0.05, 0) is 43.0 Å². The average molecular weight is 481 g/mol. The van der Waals surface area contributed by atoms with Crippen molar-refractivity contribution in [3.05, 3.63) is 83.6 Å². The van der Waals surface area contributed by atoms with Gasteiger partial charge in [-0.15, -0.1) is 0 Å². The molecule has 1 fully saturated rings. The van der Waals surface area contributed by atoms with E-state index in [4.69, 9.17) is 4.98 Å². The molecule has 2 amide bonds. The Bertz CT molecular complexity index is 1280. The first kappa shape index (κ1) is 23.9. The first-order valence-corrected chi connectivity index (χ1v) is 12.6. The first-order chi connectivity index (χ1) is 17.6. The summed E-state index contributed by atoms with van der Waals surface area (Å²) in [5, 5.41) is 14.4. The minimum Gasteiger partial charge on any atom is -0.338 e. The van der Waals surface area contributed by atoms with E-state index in [1.165, 1.54) is 11.1 Å². The van der Waals surface area contributed by atoms with E-state index in [1.54, 1.807) is 0 Å². The van der Waals surface area contributed by atoms with E-state index in [-0.39, 0.29) is 12.1 Å². The smallest absolute Gasteiger partial charge is 0.315 e. The Morgan fingerprint density at radius 3 is 2.58 bits per heavy atom. The molecule has 184 valence electrons. The Morgan fingerprint density at radius 2 is 1.86 bits per heavy atom. The summed E-state index contributed by atoms with van der Waals surface area (Å²) in [4.78, 5) is 19.1. The van der Waals surface area contributed by atoms with Crippen LogP contribution in [0.4, 0.5) is 4.79 Å². The molecule has 0 aliphatic carbocycles. The second-order valence-corrected chi connectivity index (χ2v) is 9.44. The highest BCUT2D eigenvalue weighted by Crippen LogP contribution is 2.35. The van der Waals surface area contributed by atoms with Crippen LogP contribution < -0.4 is 10.6 Å². The molecule has 2 aromatic carbocycles. The van der Waals surface area contributed by atoms with E-state index >= 15 is 0 Å². The fourth-order valence-electron chi connectivity index (χ4n) is 4.86. The van der Waals surface area contributed by atoms with Crippen LogP contribution in [0.1, 0.15) is 31.4 Å². The molecule has 1 saturated heterocycles. The predicted molar refractivity (Wildman–Crippen MR) is 143 cm³/mol. The van der Waals surface area contributed by atoms with Gasteiger partial charge in [-0.1, -0.05) is 54.6 Å². The minimum absolute atomic E-state index is 0.0797. The monoisotopic (exact) mass is 480 g/mol. The lowest BCUT2D eigenvalue weighted by molar-refractivity contribution is 0.236. The molecule has 5 rings (SSSR count). The van der Waals surface area contributed by atoms with Crippen molar-refractivity contribution in [1.82, 2.24) is 20.5 Å². The molecule has 1 aromatic heterocycles. The maximum atomic E-state index is 11.8. The standard InChI is InChI=1S/C29H32N6O/c1-3-30-29(36)33-25-13-14-35(19-25)18-21-9-11-23(12-10-21)28-26(22-7-5-4-6-8-22)15-24(17-31-28)27-20(2)16-32-34-27/h4-12,15,17,25H,3,13-14,16,18-19H2,1-2H3,(H2,30,33,36). The van der Waals surface area contributed by atoms with Gasteiger partial charge >= 0.3 is 6.03 Å². The average Bonchev–Trinajstić information content (AvgIpc) is 3.53. The molecular weight excluding hydrogens is 448 g/mol. The lowest BCUT2D eigenvalue weighted by atomic mass is 9.96. The predicted octanol–water partition coefficient (Wildman–Crippen LogP) is 5.51. The number of azo groups is 1. The van der Waals surface area contributed by atoms with Crippen molar-refractivity contribution in [2.45, 2.75) is 32.9 Å². The number of nitrogens with one attached hydrogen (secondary N) is 2. The van der Waals surface area contributed by atoms with Crippen LogP contribution in [-0.4, -0.2) is 48.1 Å². The van der Waals surface area contributed by atoms with Crippen LogP contribution in [0, 0.1) is 0 Å². The number of hydrogen-bond acceptors (Lipinski definition) is 5. The molecule has 0 radical (unpaired) electrons. The minimum atomic E-state index is -0.0797. The molecule has 2 N–H and O–H groups in total. The molecule has 7 nitrogen and oxygen atoms in total. The Kier molecular flexibility index (Phi) is 7.18. The summed E-state index contributed by atoms with van der Waals surface area (Å²) in [6.07, 6.45) is 2.88. The molecular formula is C29H32N6O. The number of likely N-dealkylation sites (tertiary alicyclic amines) is 1. The largest absolute Gasteiger partial charge is 0.338 e. The number of carbonyl (C=O) groups is 1. The number of rotatable bonds is 7. The second kappa shape index (κ2) is 10.8. The Hall–Kier alpha value is -3.84. The highest BCUT2D eigenvalue weighted by Gasteiger charge is 2.23. The van der Waals surface area contributed by atoms with Crippen LogP contribution in [0.3, 0.4) is 0 Å². The van der Waals surface area contributed by atoms with Gasteiger partial charge in [-0.2, -0.15) is 10.2 Å². The van der Waals surface area contributed by atoms with Crippen LogP contribution in [-0.2, 0) is 6.54 Å². The van der Waals surface area contributed by atoms with Gasteiger partial charge in [0.1, 0.15) is 0 Å². The van der Waals surface area contributed by atoms with Gasteiger partial charge in [-0.25, -0.2) is 4.79 Å². The molecule has 3 heterocycles. The van der Waals surface area contributed by atoms with Crippen molar-refractivity contribution in [2.75, 3.05) is 26.2 Å². The van der Waals surface area contributed by atoms with Gasteiger partial charge in [0.05, 0.1) is 17.9 Å². The van der Waals surface area contributed by atoms with Crippen molar-refractivity contribution < 1.29 is 4.79 Å². The lowest BCUT2D eigenvalue weighted by Crippen LogP contribution is -2.43. The summed E-state index contributed by atoms with van der Waals surface area (Å²) in [6, 6.07) is 21.4. The number of hydrogen-bond donors (Lipinski definition) is 2. The number of pyridine rings is 1. The maximum absolute atomic E-state index is 11.8. The van der Waals surface area contributed by atoms with Gasteiger partial charge < -0.3 is 10.6 Å². The van der Waals surface area contributed by atoms with Gasteiger partial charge in [0, 0.05) is 55.1 Å². The normalized spacial score (nSPS) is 17.6. The fourth-order valence-corrected chi connectivity index (χ4v) is 4.86. The molecule has 3 aromatic rings. The van der Waals surface area contributed by atoms with Crippen molar-refractivity contribution in [3.8, 4) is 22.4 Å². The fraction of sp³-hybridized carbons (Fsp3) is 0.310. The van der Waals surface area contributed by atoms with Crippen molar-refractivity contribution in [1.29, 1.82) is 0 Å². The molecule has 2 aliphatic rings. The second-order valence-electron chi connectivity index (χ2n) is 9.44. The number of benzene rings is 2. The maximum Gasteiger partial charge on any atom is 0.315 e. The Balaban J connectivity index is 1.34. The number of amides is 2. The summed E-state index contributed by atoms with van der Waals surface area (Å²) in [6.45, 7) is 8.00. The third kappa shape index (κ3) is 5.36. The van der Waals surface area contributed by atoms with E-state index < -0.39 is 0 Å². The number of aromatic nitrogens is 1. The quantitative estimate of drug-likeness (QED) is 0.468. The summed E-state index contributed by atoms with van der Waals surface area (Å²) in [7, 11) is 0. The van der Waals surface area contributed by atoms with E-state index in [2.05, 4.69) is 87.3 Å². The van der Waals surface area contributed by atoms with Gasteiger partial charge in [0.2, 0.25) is 0 Å². The summed E-state index contributed by atoms with van der Waals surface area (Å²) < 4.78 is 0. The van der Waals surface area contributed by atoms with Crippen molar-refractivity contribution in [3.63, 3.8) is 0 Å². The van der Waals surface area contributed by atoms with Crippen molar-refractivity contribution >= 4 is 11.7 Å². The molecule has 0 spiro atoms. The van der Waals surface area contributed by atoms with Crippen LogP contribution in [0.5, 0.6) is 0 Å². The number of nitrogens with zero attached hydrogens (tertiary/aromatic N) is 4. The van der Waals surface area contributed by atoms with Crippen LogP contribution in [0.2, 0.25) is 0 Å². The Morgan fingerprint density at radius 1 is 1.06 bits per heavy atom. The molecule has 2 aliphatic heterocycles. The summed E-state index contributed by atoms with van der Waals surface area (Å²) >= 11 is 0. The van der Waals surface area contributed by atoms with Crippen LogP contribution in [0.15, 0.2) is 82.7 Å². The zero-order chi connectivity index (χ0) is 24.9. The SMILES string of the molecule is CCNC(=O)NC1CCN(Cc2ccc(-c3ncc(C4=C(C)CN=N4)cc3-c3ccccc3)cc2)C1. The third-order valence-corrected chi connectivity index (χ3v) is 6.71. The topological polar surface area (TPSA) is 82.0 Å². The number of urea groups is 1. The Labute approximate surface area is 212 Å². The molecule has 7 heteroatoms. The molecule has 0 saturated carbocycles. The van der Waals surface area contributed by atoms with Gasteiger partial charge in [-0.3, -0.25) is 9.88 Å². The molecule has 0 bridgehead atoms. The van der Waals surface area contributed by atoms with Gasteiger partial charge in [0.25, 0.3) is 0 Å². The van der Waals surface area contributed by atoms with E-state index in [1.807, 2.05) is 19.2 Å². The first-order valence-electron chi connectivity index (χ1n) is 12.6. The van der Waals surface area contributed by atoms with Gasteiger partial charge in [0.15, 0.2) is 0 Å². The molecule has 1 atom stereocenters.